The average Bonchev–Trinajstić information content (AvgIpc) is 2.77. The zero-order valence-corrected chi connectivity index (χ0v) is 19.4. The van der Waals surface area contributed by atoms with Gasteiger partial charge in [-0.3, -0.25) is 9.10 Å². The number of amides is 1. The number of anilines is 1. The maximum atomic E-state index is 13.6. The first kappa shape index (κ1) is 23.2. The van der Waals surface area contributed by atoms with Crippen molar-refractivity contribution in [1.29, 1.82) is 0 Å². The van der Waals surface area contributed by atoms with E-state index in [0.717, 1.165) is 17.1 Å². The number of rotatable bonds is 7. The van der Waals surface area contributed by atoms with Crippen LogP contribution < -0.4 is 13.8 Å². The molecule has 1 fully saturated rings. The first-order chi connectivity index (χ1) is 14.8. The molecule has 0 saturated carbocycles. The summed E-state index contributed by atoms with van der Waals surface area (Å²) >= 11 is 5.99. The Kier molecular flexibility index (Phi) is 7.33. The van der Waals surface area contributed by atoms with Crippen LogP contribution in [0.5, 0.6) is 11.5 Å². The third-order valence-electron chi connectivity index (χ3n) is 5.35. The predicted octanol–water partition coefficient (Wildman–Crippen LogP) is 3.81. The average molecular weight is 467 g/mol. The second-order valence-electron chi connectivity index (χ2n) is 7.59. The lowest BCUT2D eigenvalue weighted by atomic mass is 10.0. The van der Waals surface area contributed by atoms with Gasteiger partial charge in [-0.1, -0.05) is 18.5 Å². The van der Waals surface area contributed by atoms with E-state index in [2.05, 4.69) is 6.92 Å². The third kappa shape index (κ3) is 5.25. The minimum Gasteiger partial charge on any atom is -0.493 e. The van der Waals surface area contributed by atoms with E-state index in [1.54, 1.807) is 29.2 Å². The van der Waals surface area contributed by atoms with Crippen LogP contribution in [0.3, 0.4) is 0 Å². The Labute approximate surface area is 188 Å². The summed E-state index contributed by atoms with van der Waals surface area (Å²) in [5, 5.41) is 0.475. The van der Waals surface area contributed by atoms with Crippen molar-refractivity contribution in [2.75, 3.05) is 38.2 Å². The van der Waals surface area contributed by atoms with Crippen LogP contribution in [-0.4, -0.2) is 53.1 Å². The van der Waals surface area contributed by atoms with Gasteiger partial charge in [0.05, 0.1) is 24.8 Å². The lowest BCUT2D eigenvalue weighted by molar-refractivity contribution is -0.131. The topological polar surface area (TPSA) is 76.2 Å². The Morgan fingerprint density at radius 2 is 1.81 bits per heavy atom. The van der Waals surface area contributed by atoms with Crippen molar-refractivity contribution >= 4 is 33.2 Å². The summed E-state index contributed by atoms with van der Waals surface area (Å²) in [5.74, 6) is 0.864. The number of methoxy groups -OCH3 is 2. The van der Waals surface area contributed by atoms with Gasteiger partial charge in [-0.2, -0.15) is 0 Å². The van der Waals surface area contributed by atoms with Gasteiger partial charge < -0.3 is 14.4 Å². The van der Waals surface area contributed by atoms with Gasteiger partial charge in [-0.05, 0) is 55.2 Å². The summed E-state index contributed by atoms with van der Waals surface area (Å²) < 4.78 is 38.8. The number of sulfonamides is 1. The molecule has 1 heterocycles. The van der Waals surface area contributed by atoms with Gasteiger partial charge in [0.25, 0.3) is 10.0 Å². The van der Waals surface area contributed by atoms with Crippen LogP contribution in [0, 0.1) is 5.92 Å². The Bertz CT molecular complexity index is 1030. The first-order valence-corrected chi connectivity index (χ1v) is 11.9. The van der Waals surface area contributed by atoms with E-state index in [1.165, 1.54) is 32.4 Å². The molecule has 2 aromatic rings. The zero-order chi connectivity index (χ0) is 22.6. The van der Waals surface area contributed by atoms with Crippen molar-refractivity contribution in [3.63, 3.8) is 0 Å². The first-order valence-electron chi connectivity index (χ1n) is 10.0. The van der Waals surface area contributed by atoms with Crippen LogP contribution in [0.4, 0.5) is 5.69 Å². The quantitative estimate of drug-likeness (QED) is 0.620. The van der Waals surface area contributed by atoms with Gasteiger partial charge in [0, 0.05) is 24.2 Å². The SMILES string of the molecule is COc1ccc(S(=O)(=O)N(CC(=O)N2CCC[C@@H](C)C2)c2ccc(Cl)cc2)cc1OC. The highest BCUT2D eigenvalue weighted by Gasteiger charge is 2.31. The van der Waals surface area contributed by atoms with E-state index in [0.29, 0.717) is 35.5 Å². The van der Waals surface area contributed by atoms with E-state index in [9.17, 15) is 13.2 Å². The number of carbonyl (C=O) groups excluding carboxylic acids is 1. The van der Waals surface area contributed by atoms with Crippen LogP contribution in [0.1, 0.15) is 19.8 Å². The normalized spacial score (nSPS) is 16.6. The van der Waals surface area contributed by atoms with Gasteiger partial charge in [0.15, 0.2) is 11.5 Å². The molecule has 1 aliphatic heterocycles. The van der Waals surface area contributed by atoms with Gasteiger partial charge in [-0.15, -0.1) is 0 Å². The molecule has 2 aromatic carbocycles. The minimum absolute atomic E-state index is 0.0000813. The van der Waals surface area contributed by atoms with Gasteiger partial charge in [-0.25, -0.2) is 8.42 Å². The van der Waals surface area contributed by atoms with Crippen LogP contribution in [0.2, 0.25) is 5.02 Å². The van der Waals surface area contributed by atoms with Crippen molar-refractivity contribution in [1.82, 2.24) is 4.90 Å². The van der Waals surface area contributed by atoms with E-state index in [4.69, 9.17) is 21.1 Å². The molecule has 0 N–H and O–H groups in total. The van der Waals surface area contributed by atoms with Crippen molar-refractivity contribution in [2.24, 2.45) is 5.92 Å². The molecule has 0 radical (unpaired) electrons. The largest absolute Gasteiger partial charge is 0.493 e. The van der Waals surface area contributed by atoms with Crippen molar-refractivity contribution in [3.8, 4) is 11.5 Å². The maximum Gasteiger partial charge on any atom is 0.264 e. The lowest BCUT2D eigenvalue weighted by Gasteiger charge is -2.33. The molecule has 3 rings (SSSR count). The number of benzene rings is 2. The van der Waals surface area contributed by atoms with E-state index < -0.39 is 10.0 Å². The number of ether oxygens (including phenoxy) is 2. The molecular formula is C22H27ClN2O5S. The number of likely N-dealkylation sites (tertiary alicyclic amines) is 1. The molecule has 0 spiro atoms. The molecule has 9 heteroatoms. The van der Waals surface area contributed by atoms with Crippen molar-refractivity contribution in [3.05, 3.63) is 47.5 Å². The minimum atomic E-state index is -4.06. The Morgan fingerprint density at radius 1 is 1.13 bits per heavy atom. The lowest BCUT2D eigenvalue weighted by Crippen LogP contribution is -2.46. The van der Waals surface area contributed by atoms with E-state index in [1.807, 2.05) is 0 Å². The fourth-order valence-corrected chi connectivity index (χ4v) is 5.22. The van der Waals surface area contributed by atoms with Crippen LogP contribution >= 0.6 is 11.6 Å². The maximum absolute atomic E-state index is 13.6. The molecule has 0 bridgehead atoms. The number of hydrogen-bond acceptors (Lipinski definition) is 5. The monoisotopic (exact) mass is 466 g/mol. The molecule has 0 aromatic heterocycles. The van der Waals surface area contributed by atoms with Crippen LogP contribution in [0.25, 0.3) is 0 Å². The predicted molar refractivity (Wildman–Crippen MR) is 121 cm³/mol. The standard InChI is InChI=1S/C22H27ClN2O5S/c1-16-5-4-12-24(14-16)22(26)15-25(18-8-6-17(23)7-9-18)31(27,28)19-10-11-20(29-2)21(13-19)30-3/h6-11,13,16H,4-5,12,14-15H2,1-3H3/t16-/m1/s1. The Hall–Kier alpha value is -2.45. The van der Waals surface area contributed by atoms with Crippen molar-refractivity contribution in [2.45, 2.75) is 24.7 Å². The number of piperidine rings is 1. The summed E-state index contributed by atoms with van der Waals surface area (Å²) in [6.45, 7) is 3.06. The molecule has 1 amide bonds. The second-order valence-corrected chi connectivity index (χ2v) is 9.89. The third-order valence-corrected chi connectivity index (χ3v) is 7.37. The summed E-state index contributed by atoms with van der Waals surface area (Å²) in [5.41, 5.74) is 0.359. The number of halogens is 1. The summed E-state index contributed by atoms with van der Waals surface area (Å²) in [7, 11) is -1.15. The van der Waals surface area contributed by atoms with Gasteiger partial charge in [0.1, 0.15) is 6.54 Å². The molecule has 0 unspecified atom stereocenters. The zero-order valence-electron chi connectivity index (χ0n) is 17.9. The summed E-state index contributed by atoms with van der Waals surface area (Å²) in [4.78, 5) is 14.8. The fraction of sp³-hybridized carbons (Fsp3) is 0.409. The van der Waals surface area contributed by atoms with Crippen LogP contribution in [0.15, 0.2) is 47.4 Å². The Morgan fingerprint density at radius 3 is 2.42 bits per heavy atom. The number of nitrogens with zero attached hydrogens (tertiary/aromatic N) is 2. The molecule has 1 atom stereocenters. The Balaban J connectivity index is 1.99. The highest BCUT2D eigenvalue weighted by atomic mass is 35.5. The smallest absolute Gasteiger partial charge is 0.264 e. The van der Waals surface area contributed by atoms with E-state index >= 15 is 0 Å². The van der Waals surface area contributed by atoms with E-state index in [-0.39, 0.29) is 23.1 Å². The molecule has 1 saturated heterocycles. The highest BCUT2D eigenvalue weighted by Crippen LogP contribution is 2.32. The fourth-order valence-electron chi connectivity index (χ4n) is 3.67. The van der Waals surface area contributed by atoms with Gasteiger partial charge >= 0.3 is 0 Å². The summed E-state index contributed by atoms with van der Waals surface area (Å²) in [6.07, 6.45) is 1.98. The molecule has 7 nitrogen and oxygen atoms in total. The van der Waals surface area contributed by atoms with Crippen LogP contribution in [-0.2, 0) is 14.8 Å². The number of carbonyl (C=O) groups is 1. The molecule has 0 aliphatic carbocycles. The summed E-state index contributed by atoms with van der Waals surface area (Å²) in [6, 6.07) is 10.7. The number of hydrogen-bond donors (Lipinski definition) is 0. The highest BCUT2D eigenvalue weighted by molar-refractivity contribution is 7.92. The second kappa shape index (κ2) is 9.78. The molecule has 1 aliphatic rings. The van der Waals surface area contributed by atoms with Gasteiger partial charge in [0.2, 0.25) is 5.91 Å². The molecule has 168 valence electrons. The van der Waals surface area contributed by atoms with Crippen molar-refractivity contribution < 1.29 is 22.7 Å². The molecular weight excluding hydrogens is 440 g/mol. The molecule has 31 heavy (non-hydrogen) atoms.